The Morgan fingerprint density at radius 2 is 1.79 bits per heavy atom. The van der Waals surface area contributed by atoms with Crippen molar-refractivity contribution in [2.24, 2.45) is 0 Å². The van der Waals surface area contributed by atoms with Gasteiger partial charge in [0.2, 0.25) is 0 Å². The lowest BCUT2D eigenvalue weighted by Gasteiger charge is -2.51. The van der Waals surface area contributed by atoms with E-state index in [1.54, 1.807) is 6.33 Å². The van der Waals surface area contributed by atoms with Crippen LogP contribution in [0.15, 0.2) is 24.5 Å². The maximum Gasteiger partial charge on any atom is 0.137 e. The lowest BCUT2D eigenvalue weighted by Crippen LogP contribution is -2.64. The minimum atomic E-state index is 0.436. The van der Waals surface area contributed by atoms with Gasteiger partial charge in [-0.25, -0.2) is 9.97 Å². The molecule has 0 spiro atoms. The van der Waals surface area contributed by atoms with Gasteiger partial charge in [0.1, 0.15) is 12.1 Å². The summed E-state index contributed by atoms with van der Waals surface area (Å²) < 4.78 is 5.47. The average Bonchev–Trinajstić information content (AvgIpc) is 2.74. The lowest BCUT2D eigenvalue weighted by molar-refractivity contribution is -0.0501. The van der Waals surface area contributed by atoms with E-state index in [0.29, 0.717) is 11.6 Å². The first-order valence-electron chi connectivity index (χ1n) is 10.8. The van der Waals surface area contributed by atoms with Crippen molar-refractivity contribution >= 4 is 16.7 Å². The number of fused-ring (bicyclic) bond motifs is 1. The molecular weight excluding hydrogens is 364 g/mol. The molecule has 7 heteroatoms. The number of nitriles is 1. The zero-order valence-corrected chi connectivity index (χ0v) is 16.8. The number of nitrogens with one attached hydrogen (secondary N) is 1. The lowest BCUT2D eigenvalue weighted by atomic mass is 9.87. The summed E-state index contributed by atoms with van der Waals surface area (Å²) in [6.45, 7) is 6.40. The van der Waals surface area contributed by atoms with Crippen LogP contribution >= 0.6 is 0 Å². The Kier molecular flexibility index (Phi) is 5.32. The van der Waals surface area contributed by atoms with Crippen molar-refractivity contribution in [2.75, 3.05) is 44.7 Å². The smallest absolute Gasteiger partial charge is 0.137 e. The average molecular weight is 393 g/mol. The van der Waals surface area contributed by atoms with Gasteiger partial charge in [-0.2, -0.15) is 5.26 Å². The molecule has 1 aliphatic carbocycles. The quantitative estimate of drug-likeness (QED) is 0.855. The standard InChI is InChI=1S/C22H28N6O/c23-12-16-1-6-21-20(11-16)22(25-15-24-21)26-17-2-4-18(5-3-17)28-13-19(14-28)27-7-9-29-10-8-27/h1,6,11,15,17-19H,2-5,7-10,13-14H2,(H,24,25,26). The van der Waals surface area contributed by atoms with Crippen LogP contribution in [0.2, 0.25) is 0 Å². The number of benzene rings is 1. The van der Waals surface area contributed by atoms with Crippen LogP contribution in [-0.4, -0.2) is 77.3 Å². The van der Waals surface area contributed by atoms with E-state index in [4.69, 9.17) is 4.74 Å². The second kappa shape index (κ2) is 8.23. The van der Waals surface area contributed by atoms with E-state index in [1.807, 2.05) is 18.2 Å². The number of likely N-dealkylation sites (tertiary alicyclic amines) is 1. The molecule has 2 aromatic rings. The summed E-state index contributed by atoms with van der Waals surface area (Å²) in [6.07, 6.45) is 6.40. The summed E-state index contributed by atoms with van der Waals surface area (Å²) in [4.78, 5) is 14.1. The molecule has 29 heavy (non-hydrogen) atoms. The summed E-state index contributed by atoms with van der Waals surface area (Å²) in [6, 6.07) is 9.68. The van der Waals surface area contributed by atoms with E-state index >= 15 is 0 Å². The van der Waals surface area contributed by atoms with Gasteiger partial charge in [0, 0.05) is 49.7 Å². The minimum absolute atomic E-state index is 0.436. The highest BCUT2D eigenvalue weighted by Crippen LogP contribution is 2.31. The first-order chi connectivity index (χ1) is 14.3. The van der Waals surface area contributed by atoms with Crippen LogP contribution in [0.3, 0.4) is 0 Å². The molecule has 0 unspecified atom stereocenters. The van der Waals surface area contributed by atoms with Gasteiger partial charge in [0.15, 0.2) is 0 Å². The third kappa shape index (κ3) is 3.93. The fraction of sp³-hybridized carbons (Fsp3) is 0.591. The Morgan fingerprint density at radius 1 is 1.00 bits per heavy atom. The molecule has 0 bridgehead atoms. The number of rotatable bonds is 4. The molecule has 1 N–H and O–H groups in total. The fourth-order valence-corrected chi connectivity index (χ4v) is 4.98. The summed E-state index contributed by atoms with van der Waals surface area (Å²) in [5.41, 5.74) is 1.52. The molecule has 1 aromatic heterocycles. The predicted molar refractivity (Wildman–Crippen MR) is 112 cm³/mol. The van der Waals surface area contributed by atoms with Crippen molar-refractivity contribution < 1.29 is 4.74 Å². The van der Waals surface area contributed by atoms with Crippen molar-refractivity contribution in [3.8, 4) is 6.07 Å². The zero-order chi connectivity index (χ0) is 19.6. The Morgan fingerprint density at radius 3 is 2.55 bits per heavy atom. The molecule has 1 saturated carbocycles. The number of anilines is 1. The van der Waals surface area contributed by atoms with Crippen LogP contribution in [0.25, 0.3) is 10.9 Å². The van der Waals surface area contributed by atoms with Gasteiger partial charge in [0.25, 0.3) is 0 Å². The first-order valence-corrected chi connectivity index (χ1v) is 10.8. The van der Waals surface area contributed by atoms with Crippen LogP contribution in [0.1, 0.15) is 31.2 Å². The molecule has 3 fully saturated rings. The van der Waals surface area contributed by atoms with Crippen molar-refractivity contribution in [3.05, 3.63) is 30.1 Å². The second-order valence-electron chi connectivity index (χ2n) is 8.47. The van der Waals surface area contributed by atoms with Gasteiger partial charge in [-0.1, -0.05) is 0 Å². The Labute approximate surface area is 171 Å². The molecule has 3 heterocycles. The molecule has 152 valence electrons. The van der Waals surface area contributed by atoms with E-state index < -0.39 is 0 Å². The number of hydrogen-bond acceptors (Lipinski definition) is 7. The van der Waals surface area contributed by atoms with E-state index in [1.165, 1.54) is 25.9 Å². The van der Waals surface area contributed by atoms with Gasteiger partial charge >= 0.3 is 0 Å². The van der Waals surface area contributed by atoms with E-state index in [0.717, 1.165) is 67.9 Å². The molecule has 5 rings (SSSR count). The molecule has 1 aromatic carbocycles. The van der Waals surface area contributed by atoms with Crippen LogP contribution in [-0.2, 0) is 4.74 Å². The maximum atomic E-state index is 9.20. The van der Waals surface area contributed by atoms with Gasteiger partial charge in [-0.05, 0) is 43.9 Å². The monoisotopic (exact) mass is 392 g/mol. The van der Waals surface area contributed by atoms with Crippen molar-refractivity contribution in [3.63, 3.8) is 0 Å². The topological polar surface area (TPSA) is 77.3 Å². The van der Waals surface area contributed by atoms with Crippen LogP contribution in [0.4, 0.5) is 5.82 Å². The van der Waals surface area contributed by atoms with Gasteiger partial charge in [0.05, 0.1) is 30.4 Å². The molecule has 3 aliphatic rings. The van der Waals surface area contributed by atoms with Crippen LogP contribution in [0.5, 0.6) is 0 Å². The molecule has 0 atom stereocenters. The molecular formula is C22H28N6O. The summed E-state index contributed by atoms with van der Waals surface area (Å²) >= 11 is 0. The third-order valence-corrected chi connectivity index (χ3v) is 6.77. The van der Waals surface area contributed by atoms with Gasteiger partial charge in [-0.3, -0.25) is 9.80 Å². The Balaban J connectivity index is 1.15. The number of aromatic nitrogens is 2. The van der Waals surface area contributed by atoms with Crippen molar-refractivity contribution in [2.45, 2.75) is 43.8 Å². The van der Waals surface area contributed by atoms with Crippen LogP contribution < -0.4 is 5.32 Å². The molecule has 0 radical (unpaired) electrons. The summed E-state index contributed by atoms with van der Waals surface area (Å²) in [5.74, 6) is 0.854. The molecule has 2 aliphatic heterocycles. The van der Waals surface area contributed by atoms with Gasteiger partial charge in [-0.15, -0.1) is 0 Å². The fourth-order valence-electron chi connectivity index (χ4n) is 4.98. The predicted octanol–water partition coefficient (Wildman–Crippen LogP) is 2.24. The van der Waals surface area contributed by atoms with Gasteiger partial charge < -0.3 is 10.1 Å². The molecule has 7 nitrogen and oxygen atoms in total. The maximum absolute atomic E-state index is 9.20. The first kappa shape index (κ1) is 18.7. The second-order valence-corrected chi connectivity index (χ2v) is 8.47. The minimum Gasteiger partial charge on any atom is -0.379 e. The molecule has 0 amide bonds. The molecule has 2 saturated heterocycles. The normalized spacial score (nSPS) is 26.7. The van der Waals surface area contributed by atoms with E-state index in [9.17, 15) is 5.26 Å². The highest BCUT2D eigenvalue weighted by Gasteiger charge is 2.37. The third-order valence-electron chi connectivity index (χ3n) is 6.77. The zero-order valence-electron chi connectivity index (χ0n) is 16.8. The Bertz CT molecular complexity index is 892. The Hall–Kier alpha value is -2.27. The number of ether oxygens (including phenoxy) is 1. The van der Waals surface area contributed by atoms with E-state index in [-0.39, 0.29) is 0 Å². The van der Waals surface area contributed by atoms with Crippen molar-refractivity contribution in [1.82, 2.24) is 19.8 Å². The summed E-state index contributed by atoms with van der Waals surface area (Å²) in [5, 5.41) is 13.8. The highest BCUT2D eigenvalue weighted by atomic mass is 16.5. The SMILES string of the molecule is N#Cc1ccc2ncnc(NC3CCC(N4CC(N5CCOCC5)C4)CC3)c2c1. The number of morpholine rings is 1. The van der Waals surface area contributed by atoms with Crippen molar-refractivity contribution in [1.29, 1.82) is 5.26 Å². The number of nitrogens with zero attached hydrogens (tertiary/aromatic N) is 5. The summed E-state index contributed by atoms with van der Waals surface area (Å²) in [7, 11) is 0. The van der Waals surface area contributed by atoms with Crippen LogP contribution in [0, 0.1) is 11.3 Å². The number of hydrogen-bond donors (Lipinski definition) is 1. The largest absolute Gasteiger partial charge is 0.379 e. The van der Waals surface area contributed by atoms with E-state index in [2.05, 4.69) is 31.2 Å². The highest BCUT2D eigenvalue weighted by molar-refractivity contribution is 5.89.